The second kappa shape index (κ2) is 7.81. The van der Waals surface area contributed by atoms with E-state index in [1.165, 1.54) is 5.57 Å². The molecule has 0 unspecified atom stereocenters. The molecule has 3 saturated heterocycles. The molecule has 3 aliphatic heterocycles. The Bertz CT molecular complexity index is 652. The van der Waals surface area contributed by atoms with Crippen LogP contribution in [0, 0.1) is 5.92 Å². The van der Waals surface area contributed by atoms with Crippen molar-refractivity contribution >= 4 is 11.8 Å². The van der Waals surface area contributed by atoms with Crippen molar-refractivity contribution in [3.63, 3.8) is 0 Å². The Morgan fingerprint density at radius 2 is 2.16 bits per heavy atom. The van der Waals surface area contributed by atoms with Gasteiger partial charge in [0.25, 0.3) is 0 Å². The zero-order valence-corrected chi connectivity index (χ0v) is 15.1. The van der Waals surface area contributed by atoms with Gasteiger partial charge >= 0.3 is 0 Å². The van der Waals surface area contributed by atoms with Crippen molar-refractivity contribution in [3.05, 3.63) is 41.7 Å². The van der Waals surface area contributed by atoms with Gasteiger partial charge in [0, 0.05) is 44.5 Å². The van der Waals surface area contributed by atoms with Crippen LogP contribution >= 0.6 is 0 Å². The van der Waals surface area contributed by atoms with Crippen LogP contribution in [0.15, 0.2) is 36.2 Å². The zero-order chi connectivity index (χ0) is 17.8. The highest BCUT2D eigenvalue weighted by Crippen LogP contribution is 2.29. The molecule has 134 valence electrons. The molecule has 2 bridgehead atoms. The highest BCUT2D eigenvalue weighted by molar-refractivity contribution is 5.83. The summed E-state index contributed by atoms with van der Waals surface area (Å²) in [6.45, 7) is 6.01. The maximum absolute atomic E-state index is 12.7. The number of nitrogens with zero attached hydrogens (tertiary/aromatic N) is 3. The monoisotopic (exact) mass is 341 g/mol. The second-order valence-corrected chi connectivity index (χ2v) is 7.36. The van der Waals surface area contributed by atoms with E-state index in [0.29, 0.717) is 32.5 Å². The van der Waals surface area contributed by atoms with Gasteiger partial charge in [-0.05, 0) is 44.7 Å². The van der Waals surface area contributed by atoms with E-state index in [9.17, 15) is 9.59 Å². The normalized spacial score (nSPS) is 22.7. The van der Waals surface area contributed by atoms with Gasteiger partial charge in [0.15, 0.2) is 0 Å². The summed E-state index contributed by atoms with van der Waals surface area (Å²) in [4.78, 5) is 33.4. The number of piperidine rings is 1. The zero-order valence-electron chi connectivity index (χ0n) is 15.1. The predicted molar refractivity (Wildman–Crippen MR) is 96.8 cm³/mol. The average molecular weight is 341 g/mol. The molecule has 0 aliphatic carbocycles. The summed E-state index contributed by atoms with van der Waals surface area (Å²) >= 11 is 0. The summed E-state index contributed by atoms with van der Waals surface area (Å²) < 4.78 is 0. The Hall–Kier alpha value is -2.17. The standard InChI is InChI=1S/C20H27N3O2/c1-15(2)9-11-23-18-7-6-17(20(23)25)13-22(14-18)19(24)8-5-16-4-3-10-21-12-16/h3-4,9-10,12,17-18H,5-8,11,13-14H2,1-2H3/t17-,18+/m0/s1. The predicted octanol–water partition coefficient (Wildman–Crippen LogP) is 2.43. The van der Waals surface area contributed by atoms with Crippen molar-refractivity contribution in [1.82, 2.24) is 14.8 Å². The molecule has 0 saturated carbocycles. The molecular formula is C20H27N3O2. The van der Waals surface area contributed by atoms with Crippen LogP contribution in [0.2, 0.25) is 0 Å². The number of pyridine rings is 1. The van der Waals surface area contributed by atoms with Crippen molar-refractivity contribution in [2.24, 2.45) is 5.92 Å². The summed E-state index contributed by atoms with van der Waals surface area (Å²) in [5.74, 6) is 0.334. The number of aromatic nitrogens is 1. The number of allylic oxidation sites excluding steroid dienone is 1. The van der Waals surface area contributed by atoms with E-state index in [0.717, 1.165) is 18.4 Å². The highest BCUT2D eigenvalue weighted by Gasteiger charge is 2.41. The first-order chi connectivity index (χ1) is 12.0. The van der Waals surface area contributed by atoms with Crippen molar-refractivity contribution in [2.75, 3.05) is 19.6 Å². The molecule has 4 rings (SSSR count). The molecule has 25 heavy (non-hydrogen) atoms. The first-order valence-electron chi connectivity index (χ1n) is 9.15. The molecule has 2 amide bonds. The van der Waals surface area contributed by atoms with Gasteiger partial charge in [0.2, 0.25) is 11.8 Å². The third-order valence-corrected chi connectivity index (χ3v) is 5.19. The van der Waals surface area contributed by atoms with Crippen LogP contribution in [-0.2, 0) is 16.0 Å². The molecule has 3 aliphatic rings. The Morgan fingerprint density at radius 1 is 1.32 bits per heavy atom. The number of amides is 2. The molecular weight excluding hydrogens is 314 g/mol. The van der Waals surface area contributed by atoms with Gasteiger partial charge in [-0.2, -0.15) is 0 Å². The van der Waals surface area contributed by atoms with Gasteiger partial charge in [-0.15, -0.1) is 0 Å². The number of fused-ring (bicyclic) bond motifs is 4. The number of carbonyl (C=O) groups excluding carboxylic acids is 2. The molecule has 1 aromatic heterocycles. The average Bonchev–Trinajstić information content (AvgIpc) is 2.90. The molecule has 1 aromatic rings. The fourth-order valence-corrected chi connectivity index (χ4v) is 3.72. The summed E-state index contributed by atoms with van der Waals surface area (Å²) in [5.41, 5.74) is 2.30. The van der Waals surface area contributed by atoms with Crippen LogP contribution in [0.5, 0.6) is 0 Å². The third-order valence-electron chi connectivity index (χ3n) is 5.19. The maximum atomic E-state index is 12.7. The largest absolute Gasteiger partial charge is 0.340 e. The lowest BCUT2D eigenvalue weighted by molar-refractivity contribution is -0.139. The van der Waals surface area contributed by atoms with E-state index in [2.05, 4.69) is 24.9 Å². The molecule has 5 heteroatoms. The topological polar surface area (TPSA) is 53.5 Å². The van der Waals surface area contributed by atoms with E-state index >= 15 is 0 Å². The van der Waals surface area contributed by atoms with E-state index in [1.54, 1.807) is 6.20 Å². The summed E-state index contributed by atoms with van der Waals surface area (Å²) in [7, 11) is 0. The van der Waals surface area contributed by atoms with Crippen LogP contribution in [-0.4, -0.2) is 52.3 Å². The summed E-state index contributed by atoms with van der Waals surface area (Å²) in [5, 5.41) is 0. The molecule has 0 spiro atoms. The highest BCUT2D eigenvalue weighted by atomic mass is 16.2. The first kappa shape index (κ1) is 17.6. The number of aryl methyl sites for hydroxylation is 1. The van der Waals surface area contributed by atoms with Crippen LogP contribution in [0.4, 0.5) is 0 Å². The fourth-order valence-electron chi connectivity index (χ4n) is 3.72. The van der Waals surface area contributed by atoms with E-state index in [-0.39, 0.29) is 23.8 Å². The lowest BCUT2D eigenvalue weighted by Gasteiger charge is -2.35. The van der Waals surface area contributed by atoms with Crippen molar-refractivity contribution < 1.29 is 9.59 Å². The van der Waals surface area contributed by atoms with Gasteiger partial charge < -0.3 is 9.80 Å². The van der Waals surface area contributed by atoms with Crippen molar-refractivity contribution in [3.8, 4) is 0 Å². The molecule has 0 N–H and O–H groups in total. The Labute approximate surface area is 149 Å². The quantitative estimate of drug-likeness (QED) is 0.773. The van der Waals surface area contributed by atoms with Crippen molar-refractivity contribution in [1.29, 1.82) is 0 Å². The number of carbonyl (C=O) groups is 2. The number of rotatable bonds is 5. The number of hydrogen-bond acceptors (Lipinski definition) is 3. The van der Waals surface area contributed by atoms with Gasteiger partial charge in [0.05, 0.1) is 5.92 Å². The van der Waals surface area contributed by atoms with Crippen LogP contribution in [0.1, 0.15) is 38.7 Å². The van der Waals surface area contributed by atoms with Crippen LogP contribution in [0.3, 0.4) is 0 Å². The summed E-state index contributed by atoms with van der Waals surface area (Å²) in [6.07, 6.45) is 8.74. The molecule has 0 radical (unpaired) electrons. The SMILES string of the molecule is CC(C)=CCN1C(=O)[C@H]2CC[C@@H]1CN(C(=O)CCc1cccnc1)C2. The van der Waals surface area contributed by atoms with E-state index < -0.39 is 0 Å². The first-order valence-corrected chi connectivity index (χ1v) is 9.15. The molecule has 2 atom stereocenters. The second-order valence-electron chi connectivity index (χ2n) is 7.36. The van der Waals surface area contributed by atoms with Gasteiger partial charge in [-0.1, -0.05) is 17.7 Å². The molecule has 0 aromatic carbocycles. The Balaban J connectivity index is 1.63. The minimum absolute atomic E-state index is 0.0355. The smallest absolute Gasteiger partial charge is 0.228 e. The van der Waals surface area contributed by atoms with Crippen LogP contribution < -0.4 is 0 Å². The lowest BCUT2D eigenvalue weighted by atomic mass is 9.94. The van der Waals surface area contributed by atoms with Gasteiger partial charge in [-0.25, -0.2) is 0 Å². The van der Waals surface area contributed by atoms with E-state index in [4.69, 9.17) is 0 Å². The fraction of sp³-hybridized carbons (Fsp3) is 0.550. The molecule has 3 fully saturated rings. The van der Waals surface area contributed by atoms with Crippen molar-refractivity contribution in [2.45, 2.75) is 45.6 Å². The lowest BCUT2D eigenvalue weighted by Crippen LogP contribution is -2.48. The molecule has 4 heterocycles. The van der Waals surface area contributed by atoms with E-state index in [1.807, 2.05) is 28.1 Å². The summed E-state index contributed by atoms with van der Waals surface area (Å²) in [6, 6.07) is 4.05. The minimum atomic E-state index is -0.0355. The van der Waals surface area contributed by atoms with Crippen LogP contribution in [0.25, 0.3) is 0 Å². The Morgan fingerprint density at radius 3 is 2.88 bits per heavy atom. The van der Waals surface area contributed by atoms with Gasteiger partial charge in [-0.3, -0.25) is 14.6 Å². The maximum Gasteiger partial charge on any atom is 0.228 e. The van der Waals surface area contributed by atoms with Gasteiger partial charge in [0.1, 0.15) is 0 Å². The number of hydrogen-bond donors (Lipinski definition) is 0. The minimum Gasteiger partial charge on any atom is -0.340 e. The molecule has 5 nitrogen and oxygen atoms in total. The Kier molecular flexibility index (Phi) is 5.51. The third kappa shape index (κ3) is 4.27.